The van der Waals surface area contributed by atoms with Gasteiger partial charge in [-0.05, 0) is 37.6 Å². The van der Waals surface area contributed by atoms with Crippen LogP contribution in [0.5, 0.6) is 5.75 Å². The fourth-order valence-electron chi connectivity index (χ4n) is 2.81. The number of nitrogens with one attached hydrogen (secondary N) is 3. The second-order valence-electron chi connectivity index (χ2n) is 6.21. The van der Waals surface area contributed by atoms with Gasteiger partial charge in [-0.15, -0.1) is 0 Å². The van der Waals surface area contributed by atoms with Gasteiger partial charge in [0.15, 0.2) is 0 Å². The number of ether oxygens (including phenoxy) is 1. The van der Waals surface area contributed by atoms with Crippen LogP contribution in [-0.2, 0) is 16.1 Å². The van der Waals surface area contributed by atoms with Gasteiger partial charge in [-0.3, -0.25) is 14.7 Å². The molecule has 3 rings (SSSR count). The Morgan fingerprint density at radius 1 is 1.30 bits per heavy atom. The lowest BCUT2D eigenvalue weighted by Crippen LogP contribution is -2.32. The van der Waals surface area contributed by atoms with E-state index in [4.69, 9.17) is 4.74 Å². The Morgan fingerprint density at radius 3 is 2.67 bits per heavy atom. The summed E-state index contributed by atoms with van der Waals surface area (Å²) in [6, 6.07) is 5.41. The molecule has 1 aliphatic rings. The number of amides is 4. The highest BCUT2D eigenvalue weighted by molar-refractivity contribution is 6.21. The molecule has 0 saturated carbocycles. The van der Waals surface area contributed by atoms with Gasteiger partial charge < -0.3 is 15.4 Å². The van der Waals surface area contributed by atoms with E-state index in [-0.39, 0.29) is 24.7 Å². The minimum Gasteiger partial charge on any atom is -0.497 e. The summed E-state index contributed by atoms with van der Waals surface area (Å²) < 4.78 is 5.07. The van der Waals surface area contributed by atoms with Crippen molar-refractivity contribution >= 4 is 23.5 Å². The molecule has 1 fully saturated rings. The van der Waals surface area contributed by atoms with Crippen LogP contribution in [0.4, 0.5) is 10.5 Å². The van der Waals surface area contributed by atoms with E-state index in [9.17, 15) is 14.4 Å². The topological polar surface area (TPSA) is 116 Å². The molecule has 3 N–H and O–H groups in total. The van der Waals surface area contributed by atoms with Crippen molar-refractivity contribution in [1.82, 2.24) is 20.8 Å². The number of anilines is 1. The number of nitrogens with zero attached hydrogens (tertiary/aromatic N) is 2. The summed E-state index contributed by atoms with van der Waals surface area (Å²) in [6.07, 6.45) is 2.01. The maximum Gasteiger partial charge on any atom is 0.329 e. The highest BCUT2D eigenvalue weighted by Gasteiger charge is 2.38. The van der Waals surface area contributed by atoms with Gasteiger partial charge in [0.2, 0.25) is 5.91 Å². The molecule has 2 aromatic rings. The molecule has 142 valence electrons. The summed E-state index contributed by atoms with van der Waals surface area (Å²) in [6.45, 7) is 2.24. The number of methoxy groups -OCH3 is 1. The Labute approximate surface area is 156 Å². The Kier molecular flexibility index (Phi) is 5.39. The first kappa shape index (κ1) is 18.4. The molecule has 0 unspecified atom stereocenters. The molecule has 0 spiro atoms. The molecule has 9 heteroatoms. The third kappa shape index (κ3) is 4.08. The molecule has 0 aliphatic carbocycles. The van der Waals surface area contributed by atoms with Crippen LogP contribution in [0.25, 0.3) is 0 Å². The van der Waals surface area contributed by atoms with E-state index in [0.29, 0.717) is 18.0 Å². The Hall–Kier alpha value is -3.36. The lowest BCUT2D eigenvalue weighted by atomic mass is 10.1. The molecule has 1 aromatic carbocycles. The van der Waals surface area contributed by atoms with E-state index in [2.05, 4.69) is 20.8 Å². The van der Waals surface area contributed by atoms with Crippen molar-refractivity contribution in [2.24, 2.45) is 0 Å². The zero-order chi connectivity index (χ0) is 19.4. The van der Waals surface area contributed by atoms with Crippen molar-refractivity contribution in [3.05, 3.63) is 41.7 Å². The number of hydrogen-bond donors (Lipinski definition) is 3. The number of rotatable bonds is 7. The third-order valence-corrected chi connectivity index (χ3v) is 4.42. The quantitative estimate of drug-likeness (QED) is 0.634. The van der Waals surface area contributed by atoms with Crippen LogP contribution in [0.2, 0.25) is 0 Å². The standard InChI is InChI=1S/C18H21N5O4/c1-11-12(10-20-22-11)9-19-16(24)8-7-15-17(25)23(18(26)21-15)13-3-5-14(27-2)6-4-13/h3-6,10,15H,7-9H2,1-2H3,(H,19,24)(H,20,22)(H,21,26)/t15-/m0/s1. The maximum absolute atomic E-state index is 12.5. The Balaban J connectivity index is 1.53. The second kappa shape index (κ2) is 7.90. The van der Waals surface area contributed by atoms with Gasteiger partial charge in [0.05, 0.1) is 19.0 Å². The number of H-pyrrole nitrogens is 1. The van der Waals surface area contributed by atoms with Gasteiger partial charge in [-0.2, -0.15) is 5.10 Å². The molecule has 1 aromatic heterocycles. The number of hydrogen-bond acceptors (Lipinski definition) is 5. The summed E-state index contributed by atoms with van der Waals surface area (Å²) in [4.78, 5) is 37.8. The van der Waals surface area contributed by atoms with E-state index in [1.807, 2.05) is 6.92 Å². The smallest absolute Gasteiger partial charge is 0.329 e. The average molecular weight is 371 g/mol. The number of aromatic amines is 1. The average Bonchev–Trinajstić information content (AvgIpc) is 3.20. The predicted octanol–water partition coefficient (Wildman–Crippen LogP) is 1.25. The Bertz CT molecular complexity index is 846. The van der Waals surface area contributed by atoms with Gasteiger partial charge in [0, 0.05) is 24.2 Å². The van der Waals surface area contributed by atoms with Gasteiger partial charge in [0.1, 0.15) is 11.8 Å². The monoisotopic (exact) mass is 371 g/mol. The van der Waals surface area contributed by atoms with Gasteiger partial charge in [0.25, 0.3) is 5.91 Å². The minimum atomic E-state index is -0.721. The number of aromatic nitrogens is 2. The normalized spacial score (nSPS) is 16.4. The number of urea groups is 1. The summed E-state index contributed by atoms with van der Waals surface area (Å²) in [7, 11) is 1.54. The van der Waals surface area contributed by atoms with Gasteiger partial charge >= 0.3 is 6.03 Å². The van der Waals surface area contributed by atoms with Crippen molar-refractivity contribution < 1.29 is 19.1 Å². The summed E-state index contributed by atoms with van der Waals surface area (Å²) in [5.74, 6) is 0.0658. The first-order valence-electron chi connectivity index (χ1n) is 8.53. The lowest BCUT2D eigenvalue weighted by molar-refractivity contribution is -0.122. The van der Waals surface area contributed by atoms with Crippen LogP contribution in [0.1, 0.15) is 24.1 Å². The van der Waals surface area contributed by atoms with E-state index < -0.39 is 12.1 Å². The van der Waals surface area contributed by atoms with E-state index in [0.717, 1.165) is 16.2 Å². The fraction of sp³-hybridized carbons (Fsp3) is 0.333. The zero-order valence-corrected chi connectivity index (χ0v) is 15.1. The van der Waals surface area contributed by atoms with Crippen LogP contribution >= 0.6 is 0 Å². The molecule has 1 atom stereocenters. The van der Waals surface area contributed by atoms with E-state index >= 15 is 0 Å². The largest absolute Gasteiger partial charge is 0.497 e. The molecule has 0 radical (unpaired) electrons. The number of imide groups is 1. The van der Waals surface area contributed by atoms with Crippen molar-refractivity contribution in [1.29, 1.82) is 0 Å². The molecular weight excluding hydrogens is 350 g/mol. The first-order chi connectivity index (χ1) is 13.0. The fourth-order valence-corrected chi connectivity index (χ4v) is 2.81. The van der Waals surface area contributed by atoms with E-state index in [1.54, 1.807) is 30.5 Å². The second-order valence-corrected chi connectivity index (χ2v) is 6.21. The van der Waals surface area contributed by atoms with Crippen LogP contribution < -0.4 is 20.3 Å². The van der Waals surface area contributed by atoms with Crippen molar-refractivity contribution in [2.45, 2.75) is 32.4 Å². The molecule has 4 amide bonds. The van der Waals surface area contributed by atoms with E-state index in [1.165, 1.54) is 7.11 Å². The molecule has 0 bridgehead atoms. The third-order valence-electron chi connectivity index (χ3n) is 4.42. The molecule has 27 heavy (non-hydrogen) atoms. The highest BCUT2D eigenvalue weighted by Crippen LogP contribution is 2.23. The van der Waals surface area contributed by atoms with Gasteiger partial charge in [-0.25, -0.2) is 9.69 Å². The SMILES string of the molecule is COc1ccc(N2C(=O)N[C@@H](CCC(=O)NCc3cn[nH]c3C)C2=O)cc1. The van der Waals surface area contributed by atoms with Crippen LogP contribution in [0, 0.1) is 6.92 Å². The highest BCUT2D eigenvalue weighted by atomic mass is 16.5. The molecule has 1 aliphatic heterocycles. The summed E-state index contributed by atoms with van der Waals surface area (Å²) >= 11 is 0. The van der Waals surface area contributed by atoms with Crippen LogP contribution in [0.15, 0.2) is 30.5 Å². The Morgan fingerprint density at radius 2 is 2.04 bits per heavy atom. The van der Waals surface area contributed by atoms with Crippen molar-refractivity contribution in [3.63, 3.8) is 0 Å². The van der Waals surface area contributed by atoms with Crippen molar-refractivity contribution in [3.8, 4) is 5.75 Å². The number of benzene rings is 1. The summed E-state index contributed by atoms with van der Waals surface area (Å²) in [5, 5.41) is 12.1. The molecular formula is C18H21N5O4. The summed E-state index contributed by atoms with van der Waals surface area (Å²) in [5.41, 5.74) is 2.25. The minimum absolute atomic E-state index is 0.129. The predicted molar refractivity (Wildman–Crippen MR) is 97.2 cm³/mol. The molecule has 2 heterocycles. The maximum atomic E-state index is 12.5. The molecule has 9 nitrogen and oxygen atoms in total. The number of carbonyl (C=O) groups is 3. The first-order valence-corrected chi connectivity index (χ1v) is 8.53. The number of aryl methyl sites for hydroxylation is 1. The molecule has 1 saturated heterocycles. The van der Waals surface area contributed by atoms with Crippen LogP contribution in [0.3, 0.4) is 0 Å². The van der Waals surface area contributed by atoms with Crippen molar-refractivity contribution in [2.75, 3.05) is 12.0 Å². The zero-order valence-electron chi connectivity index (χ0n) is 15.1. The lowest BCUT2D eigenvalue weighted by Gasteiger charge is -2.13. The van der Waals surface area contributed by atoms with Gasteiger partial charge in [-0.1, -0.05) is 0 Å². The van der Waals surface area contributed by atoms with Crippen LogP contribution in [-0.4, -0.2) is 41.2 Å². The number of carbonyl (C=O) groups excluding carboxylic acids is 3.